The largest absolute Gasteiger partial charge is 0.496 e. The number of anilines is 1. The van der Waals surface area contributed by atoms with Crippen molar-refractivity contribution >= 4 is 43.3 Å². The number of pyridine rings is 1. The average molecular weight is 633 g/mol. The number of ether oxygens (including phenoxy) is 2. The van der Waals surface area contributed by atoms with Crippen LogP contribution in [-0.4, -0.2) is 50.2 Å². The molecule has 0 radical (unpaired) electrons. The topological polar surface area (TPSA) is 86.9 Å². The summed E-state index contributed by atoms with van der Waals surface area (Å²) in [5, 5.41) is 0.940. The van der Waals surface area contributed by atoms with Crippen LogP contribution in [0.15, 0.2) is 48.7 Å². The average Bonchev–Trinajstić information content (AvgIpc) is 2.88. The van der Waals surface area contributed by atoms with Gasteiger partial charge in [0.15, 0.2) is 8.32 Å². The molecule has 3 rings (SSSR count). The molecule has 0 bridgehead atoms. The highest BCUT2D eigenvalue weighted by Gasteiger charge is 2.37. The molecule has 0 aliphatic rings. The zero-order valence-electron chi connectivity index (χ0n) is 26.1. The molecule has 10 heteroatoms. The monoisotopic (exact) mass is 631 g/mol. The van der Waals surface area contributed by atoms with E-state index < -0.39 is 20.0 Å². The lowest BCUT2D eigenvalue weighted by Gasteiger charge is -2.37. The molecule has 1 aromatic heterocycles. The van der Waals surface area contributed by atoms with Gasteiger partial charge in [-0.2, -0.15) is 0 Å². The van der Waals surface area contributed by atoms with Gasteiger partial charge in [-0.15, -0.1) is 0 Å². The van der Waals surface area contributed by atoms with Crippen molar-refractivity contribution < 1.29 is 18.7 Å². The Hall–Kier alpha value is -2.78. The first-order chi connectivity index (χ1) is 19.4. The Balaban J connectivity index is 1.92. The maximum atomic E-state index is 13.2. The van der Waals surface area contributed by atoms with E-state index >= 15 is 0 Å². The van der Waals surface area contributed by atoms with Crippen molar-refractivity contribution in [2.75, 3.05) is 26.0 Å². The highest BCUT2D eigenvalue weighted by Crippen LogP contribution is 2.41. The molecule has 3 aromatic rings. The molecule has 228 valence electrons. The number of rotatable bonds is 9. The number of carbonyl (C=O) groups excluding carboxylic acids is 1. The molecule has 0 atom stereocenters. The van der Waals surface area contributed by atoms with Gasteiger partial charge in [0.25, 0.3) is 0 Å². The van der Waals surface area contributed by atoms with Gasteiger partial charge in [-0.3, -0.25) is 4.98 Å². The first-order valence-electron chi connectivity index (χ1n) is 13.9. The van der Waals surface area contributed by atoms with Crippen LogP contribution >= 0.6 is 23.2 Å². The summed E-state index contributed by atoms with van der Waals surface area (Å²) in [5.74, 6) is 0.594. The number of aromatic nitrogens is 1. The molecule has 0 aliphatic heterocycles. The summed E-state index contributed by atoms with van der Waals surface area (Å²) in [6.07, 6.45) is 1.27. The van der Waals surface area contributed by atoms with Crippen molar-refractivity contribution in [3.8, 4) is 28.1 Å². The maximum absolute atomic E-state index is 13.2. The Morgan fingerprint density at radius 1 is 1.00 bits per heavy atom. The van der Waals surface area contributed by atoms with Gasteiger partial charge >= 0.3 is 6.09 Å². The van der Waals surface area contributed by atoms with Crippen molar-refractivity contribution in [3.05, 3.63) is 64.3 Å². The van der Waals surface area contributed by atoms with Crippen molar-refractivity contribution in [1.82, 2.24) is 9.88 Å². The lowest BCUT2D eigenvalue weighted by atomic mass is 10.0. The number of benzene rings is 2. The van der Waals surface area contributed by atoms with E-state index in [-0.39, 0.29) is 11.6 Å². The fourth-order valence-electron chi connectivity index (χ4n) is 4.03. The van der Waals surface area contributed by atoms with E-state index in [4.69, 9.17) is 42.8 Å². The van der Waals surface area contributed by atoms with Crippen LogP contribution in [0.1, 0.15) is 47.1 Å². The third-order valence-corrected chi connectivity index (χ3v) is 12.8. The van der Waals surface area contributed by atoms with Gasteiger partial charge in [0.1, 0.15) is 11.4 Å². The molecule has 0 saturated carbocycles. The molecule has 42 heavy (non-hydrogen) atoms. The van der Waals surface area contributed by atoms with E-state index in [9.17, 15) is 4.79 Å². The summed E-state index contributed by atoms with van der Waals surface area (Å²) in [6.45, 7) is 17.6. The number of carbonyl (C=O) groups is 1. The quantitative estimate of drug-likeness (QED) is 0.187. The third kappa shape index (κ3) is 8.19. The lowest BCUT2D eigenvalue weighted by Crippen LogP contribution is -2.44. The van der Waals surface area contributed by atoms with Gasteiger partial charge < -0.3 is 24.5 Å². The summed E-state index contributed by atoms with van der Waals surface area (Å²) < 4.78 is 17.9. The summed E-state index contributed by atoms with van der Waals surface area (Å²) in [6, 6.07) is 12.9. The molecule has 2 aromatic carbocycles. The van der Waals surface area contributed by atoms with Crippen LogP contribution < -0.4 is 10.5 Å². The van der Waals surface area contributed by atoms with E-state index in [0.717, 1.165) is 22.3 Å². The molecule has 0 spiro atoms. The first-order valence-corrected chi connectivity index (χ1v) is 17.6. The summed E-state index contributed by atoms with van der Waals surface area (Å²) >= 11 is 13.4. The Bertz CT molecular complexity index is 1420. The van der Waals surface area contributed by atoms with Crippen molar-refractivity contribution in [2.24, 2.45) is 0 Å². The van der Waals surface area contributed by atoms with Gasteiger partial charge in [-0.05, 0) is 57.1 Å². The van der Waals surface area contributed by atoms with E-state index in [1.807, 2.05) is 57.2 Å². The number of nitrogens with zero attached hydrogens (tertiary/aromatic N) is 2. The number of nitrogen functional groups attached to an aromatic ring is 1. The van der Waals surface area contributed by atoms with Crippen LogP contribution in [0, 0.1) is 0 Å². The van der Waals surface area contributed by atoms with Crippen LogP contribution in [-0.2, 0) is 15.7 Å². The number of halogens is 2. The molecular formula is C32H43Cl2N3O4Si. The second-order valence-electron chi connectivity index (χ2n) is 12.8. The summed E-state index contributed by atoms with van der Waals surface area (Å²) in [7, 11) is -0.392. The molecule has 2 N–H and O–H groups in total. The predicted octanol–water partition coefficient (Wildman–Crippen LogP) is 9.07. The normalized spacial score (nSPS) is 12.3. The molecule has 1 heterocycles. The van der Waals surface area contributed by atoms with Crippen LogP contribution in [0.4, 0.5) is 10.5 Å². The van der Waals surface area contributed by atoms with Crippen molar-refractivity contribution in [3.63, 3.8) is 0 Å². The van der Waals surface area contributed by atoms with E-state index in [1.165, 1.54) is 0 Å². The van der Waals surface area contributed by atoms with Crippen LogP contribution in [0.5, 0.6) is 5.75 Å². The van der Waals surface area contributed by atoms with Crippen LogP contribution in [0.2, 0.25) is 28.2 Å². The molecule has 7 nitrogen and oxygen atoms in total. The van der Waals surface area contributed by atoms with Gasteiger partial charge in [0.2, 0.25) is 0 Å². The number of hydrogen-bond donors (Lipinski definition) is 1. The Morgan fingerprint density at radius 3 is 2.29 bits per heavy atom. The van der Waals surface area contributed by atoms with E-state index in [1.54, 1.807) is 24.3 Å². The molecule has 0 fully saturated rings. The van der Waals surface area contributed by atoms with Gasteiger partial charge in [0, 0.05) is 35.0 Å². The second-order valence-corrected chi connectivity index (χ2v) is 18.3. The number of amides is 1. The second kappa shape index (κ2) is 13.2. The Labute approximate surface area is 261 Å². The maximum Gasteiger partial charge on any atom is 0.410 e. The fraction of sp³-hybridized carbons (Fsp3) is 0.438. The van der Waals surface area contributed by atoms with E-state index in [2.05, 4.69) is 38.8 Å². The predicted molar refractivity (Wildman–Crippen MR) is 176 cm³/mol. The van der Waals surface area contributed by atoms with Crippen molar-refractivity contribution in [2.45, 2.75) is 71.8 Å². The summed E-state index contributed by atoms with van der Waals surface area (Å²) in [5.41, 5.74) is 9.45. The minimum absolute atomic E-state index is 0.0634. The summed E-state index contributed by atoms with van der Waals surface area (Å²) in [4.78, 5) is 19.4. The molecule has 0 unspecified atom stereocenters. The van der Waals surface area contributed by atoms with Crippen molar-refractivity contribution in [1.29, 1.82) is 0 Å². The Morgan fingerprint density at radius 2 is 1.67 bits per heavy atom. The number of methoxy groups -OCH3 is 1. The molecule has 0 saturated heterocycles. The molecule has 1 amide bonds. The molecule has 0 aliphatic carbocycles. The van der Waals surface area contributed by atoms with Gasteiger partial charge in [-0.25, -0.2) is 4.79 Å². The fourth-order valence-corrected chi connectivity index (χ4v) is 5.61. The SMILES string of the molecule is COc1cc(-c2nccc(-c3cccc(N)c3Cl)c2Cl)ccc1CN(CCO[Si](C)(C)C(C)(C)C)C(=O)OC(C)(C)C. The Kier molecular flexibility index (Phi) is 10.6. The lowest BCUT2D eigenvalue weighted by molar-refractivity contribution is 0.0204. The standard InChI is InChI=1S/C32H43Cl2N3O4Si/c1-31(2,3)41-30(38)37(17-18-40-42(8,9)32(4,5)6)20-22-14-13-21(19-26(22)39-7)29-28(34)24(15-16-36-29)23-11-10-12-25(35)27(23)33/h10-16,19H,17-18,20,35H2,1-9H3. The number of hydrogen-bond acceptors (Lipinski definition) is 6. The van der Waals surface area contributed by atoms with Crippen LogP contribution in [0.25, 0.3) is 22.4 Å². The minimum atomic E-state index is -1.99. The highest BCUT2D eigenvalue weighted by molar-refractivity contribution is 6.74. The van der Waals surface area contributed by atoms with Gasteiger partial charge in [-0.1, -0.05) is 68.2 Å². The smallest absolute Gasteiger partial charge is 0.410 e. The van der Waals surface area contributed by atoms with E-state index in [0.29, 0.717) is 40.3 Å². The van der Waals surface area contributed by atoms with Crippen LogP contribution in [0.3, 0.4) is 0 Å². The third-order valence-electron chi connectivity index (χ3n) is 7.41. The minimum Gasteiger partial charge on any atom is -0.496 e. The zero-order chi connectivity index (χ0) is 31.5. The first kappa shape index (κ1) is 33.7. The highest BCUT2D eigenvalue weighted by atomic mass is 35.5. The number of nitrogens with two attached hydrogens (primary N) is 1. The zero-order valence-corrected chi connectivity index (χ0v) is 28.6. The van der Waals surface area contributed by atoms with Gasteiger partial charge in [0.05, 0.1) is 41.7 Å². The molecular weight excluding hydrogens is 589 g/mol.